The molecule has 1 aliphatic carbocycles. The third-order valence-corrected chi connectivity index (χ3v) is 4.20. The van der Waals surface area contributed by atoms with Crippen molar-refractivity contribution < 1.29 is 18.8 Å². The normalized spacial score (nSPS) is 13.8. The molecule has 0 spiro atoms. The van der Waals surface area contributed by atoms with Gasteiger partial charge < -0.3 is 14.0 Å². The van der Waals surface area contributed by atoms with E-state index in [0.717, 1.165) is 24.3 Å². The largest absolute Gasteiger partial charge is 0.494 e. The Bertz CT molecular complexity index is 926. The molecule has 1 saturated carbocycles. The average molecular weight is 338 g/mol. The first-order chi connectivity index (χ1) is 12.2. The van der Waals surface area contributed by atoms with Gasteiger partial charge in [-0.3, -0.25) is 0 Å². The number of hydrogen-bond acceptors (Lipinski definition) is 6. The summed E-state index contributed by atoms with van der Waals surface area (Å²) in [6.07, 6.45) is 2.16. The van der Waals surface area contributed by atoms with Crippen molar-refractivity contribution in [3.63, 3.8) is 0 Å². The van der Waals surface area contributed by atoms with E-state index in [1.54, 1.807) is 37.3 Å². The molecule has 0 unspecified atom stereocenters. The second kappa shape index (κ2) is 6.20. The van der Waals surface area contributed by atoms with Crippen molar-refractivity contribution in [2.45, 2.75) is 32.6 Å². The Morgan fingerprint density at radius 3 is 2.64 bits per heavy atom. The predicted octanol–water partition coefficient (Wildman–Crippen LogP) is 4.03. The molecule has 0 amide bonds. The van der Waals surface area contributed by atoms with Crippen molar-refractivity contribution in [3.05, 3.63) is 47.3 Å². The minimum Gasteiger partial charge on any atom is -0.494 e. The van der Waals surface area contributed by atoms with Gasteiger partial charge in [-0.05, 0) is 57.0 Å². The molecule has 0 N–H and O–H groups in total. The number of benzene rings is 1. The second-order valence-electron chi connectivity index (χ2n) is 6.11. The second-order valence-corrected chi connectivity index (χ2v) is 6.11. The lowest BCUT2D eigenvalue weighted by molar-refractivity contribution is 0.0736. The molecule has 2 heterocycles. The summed E-state index contributed by atoms with van der Waals surface area (Å²) < 4.78 is 16.2. The molecule has 6 nitrogen and oxygen atoms in total. The average Bonchev–Trinajstić information content (AvgIpc) is 3.40. The third-order valence-electron chi connectivity index (χ3n) is 4.20. The van der Waals surface area contributed by atoms with Crippen molar-refractivity contribution >= 4 is 17.1 Å². The Hall–Kier alpha value is -2.89. The number of pyridine rings is 1. The highest BCUT2D eigenvalue weighted by atomic mass is 16.5. The summed E-state index contributed by atoms with van der Waals surface area (Å²) in [7, 11) is 0. The van der Waals surface area contributed by atoms with Gasteiger partial charge in [0.25, 0.3) is 5.71 Å². The van der Waals surface area contributed by atoms with Gasteiger partial charge >= 0.3 is 5.97 Å². The standard InChI is InChI=1S/C19H18N2O4/c1-3-23-13-6-8-14(9-7-13)24-19(22)15-10-16(12-4-5-12)20-18-17(15)11(2)21-25-18/h6-10,12H,3-5H2,1-2H3. The van der Waals surface area contributed by atoms with Crippen LogP contribution >= 0.6 is 0 Å². The quantitative estimate of drug-likeness (QED) is 0.516. The van der Waals surface area contributed by atoms with Crippen molar-refractivity contribution in [3.8, 4) is 11.5 Å². The number of carbonyl (C=O) groups is 1. The maximum atomic E-state index is 12.7. The van der Waals surface area contributed by atoms with Crippen LogP contribution in [0.3, 0.4) is 0 Å². The van der Waals surface area contributed by atoms with Gasteiger partial charge in [-0.2, -0.15) is 0 Å². The molecule has 0 aliphatic heterocycles. The monoisotopic (exact) mass is 338 g/mol. The van der Waals surface area contributed by atoms with Crippen molar-refractivity contribution in [2.75, 3.05) is 6.61 Å². The molecule has 2 aromatic heterocycles. The summed E-state index contributed by atoms with van der Waals surface area (Å²) in [4.78, 5) is 17.2. The Balaban J connectivity index is 1.65. The predicted molar refractivity (Wildman–Crippen MR) is 91.1 cm³/mol. The molecule has 1 aliphatic rings. The van der Waals surface area contributed by atoms with Gasteiger partial charge in [-0.1, -0.05) is 5.16 Å². The summed E-state index contributed by atoms with van der Waals surface area (Å²) in [5.41, 5.74) is 2.32. The Kier molecular flexibility index (Phi) is 3.87. The SMILES string of the molecule is CCOc1ccc(OC(=O)c2cc(C3CC3)nc3onc(C)c23)cc1. The zero-order valence-electron chi connectivity index (χ0n) is 14.1. The number of esters is 1. The number of aromatic nitrogens is 2. The molecule has 128 valence electrons. The van der Waals surface area contributed by atoms with Crippen molar-refractivity contribution in [2.24, 2.45) is 0 Å². The molecule has 0 atom stereocenters. The molecule has 0 bridgehead atoms. The summed E-state index contributed by atoms with van der Waals surface area (Å²) >= 11 is 0. The van der Waals surface area contributed by atoms with E-state index >= 15 is 0 Å². The lowest BCUT2D eigenvalue weighted by Crippen LogP contribution is -2.10. The maximum Gasteiger partial charge on any atom is 0.344 e. The van der Waals surface area contributed by atoms with Gasteiger partial charge in [0, 0.05) is 11.6 Å². The molecule has 0 radical (unpaired) electrons. The van der Waals surface area contributed by atoms with Crippen LogP contribution in [-0.4, -0.2) is 22.7 Å². The summed E-state index contributed by atoms with van der Waals surface area (Å²) in [6.45, 7) is 4.30. The fraction of sp³-hybridized carbons (Fsp3) is 0.316. The Labute approximate surface area is 144 Å². The van der Waals surface area contributed by atoms with Crippen LogP contribution in [0.25, 0.3) is 11.1 Å². The fourth-order valence-electron chi connectivity index (χ4n) is 2.80. The van der Waals surface area contributed by atoms with Crippen LogP contribution in [0.15, 0.2) is 34.9 Å². The highest BCUT2D eigenvalue weighted by Gasteiger charge is 2.29. The molecule has 3 aromatic rings. The van der Waals surface area contributed by atoms with Crippen LogP contribution in [0.4, 0.5) is 0 Å². The van der Waals surface area contributed by atoms with E-state index in [4.69, 9.17) is 14.0 Å². The summed E-state index contributed by atoms with van der Waals surface area (Å²) in [6, 6.07) is 8.78. The van der Waals surface area contributed by atoms with Crippen LogP contribution in [-0.2, 0) is 0 Å². The van der Waals surface area contributed by atoms with Crippen LogP contribution in [0.5, 0.6) is 11.5 Å². The lowest BCUT2D eigenvalue weighted by Gasteiger charge is -2.08. The van der Waals surface area contributed by atoms with Crippen LogP contribution in [0.1, 0.15) is 47.4 Å². The van der Waals surface area contributed by atoms with Crippen LogP contribution < -0.4 is 9.47 Å². The number of aryl methyl sites for hydroxylation is 1. The first kappa shape index (κ1) is 15.6. The lowest BCUT2D eigenvalue weighted by atomic mass is 10.1. The summed E-state index contributed by atoms with van der Waals surface area (Å²) in [5.74, 6) is 1.15. The number of carbonyl (C=O) groups excluding carboxylic acids is 1. The van der Waals surface area contributed by atoms with E-state index in [1.807, 2.05) is 6.92 Å². The number of rotatable bonds is 5. The molecule has 25 heavy (non-hydrogen) atoms. The molecular weight excluding hydrogens is 320 g/mol. The smallest absolute Gasteiger partial charge is 0.344 e. The van der Waals surface area contributed by atoms with Gasteiger partial charge in [0.05, 0.1) is 23.3 Å². The van der Waals surface area contributed by atoms with Crippen molar-refractivity contribution in [1.29, 1.82) is 0 Å². The Morgan fingerprint density at radius 2 is 1.96 bits per heavy atom. The van der Waals surface area contributed by atoms with E-state index in [2.05, 4.69) is 10.1 Å². The van der Waals surface area contributed by atoms with E-state index < -0.39 is 5.97 Å². The number of hydrogen-bond donors (Lipinski definition) is 0. The molecule has 1 aromatic carbocycles. The van der Waals surface area contributed by atoms with E-state index in [9.17, 15) is 4.79 Å². The number of fused-ring (bicyclic) bond motifs is 1. The first-order valence-electron chi connectivity index (χ1n) is 8.37. The van der Waals surface area contributed by atoms with Crippen LogP contribution in [0.2, 0.25) is 0 Å². The fourth-order valence-corrected chi connectivity index (χ4v) is 2.80. The molecule has 1 fully saturated rings. The minimum absolute atomic E-state index is 0.389. The van der Waals surface area contributed by atoms with Crippen molar-refractivity contribution in [1.82, 2.24) is 10.1 Å². The van der Waals surface area contributed by atoms with Gasteiger partial charge in [-0.25, -0.2) is 9.78 Å². The van der Waals surface area contributed by atoms with Gasteiger partial charge in [0.1, 0.15) is 11.5 Å². The highest BCUT2D eigenvalue weighted by molar-refractivity contribution is 6.04. The maximum absolute atomic E-state index is 12.7. The van der Waals surface area contributed by atoms with E-state index in [0.29, 0.717) is 40.6 Å². The zero-order valence-corrected chi connectivity index (χ0v) is 14.1. The third kappa shape index (κ3) is 3.07. The van der Waals surface area contributed by atoms with Crippen LogP contribution in [0, 0.1) is 6.92 Å². The van der Waals surface area contributed by atoms with Gasteiger partial charge in [0.15, 0.2) is 0 Å². The highest BCUT2D eigenvalue weighted by Crippen LogP contribution is 2.40. The zero-order chi connectivity index (χ0) is 17.4. The molecule has 4 rings (SSSR count). The Morgan fingerprint density at radius 1 is 1.24 bits per heavy atom. The van der Waals surface area contributed by atoms with Gasteiger partial charge in [0.2, 0.25) is 0 Å². The molecular formula is C19H18N2O4. The number of ether oxygens (including phenoxy) is 2. The summed E-state index contributed by atoms with van der Waals surface area (Å²) in [5, 5.41) is 4.55. The van der Waals surface area contributed by atoms with Gasteiger partial charge in [-0.15, -0.1) is 0 Å². The number of nitrogens with zero attached hydrogens (tertiary/aromatic N) is 2. The topological polar surface area (TPSA) is 74.5 Å². The molecule has 0 saturated heterocycles. The van der Waals surface area contributed by atoms with E-state index in [1.165, 1.54) is 0 Å². The minimum atomic E-state index is -0.440. The molecule has 6 heteroatoms. The first-order valence-corrected chi connectivity index (χ1v) is 8.37. The van der Waals surface area contributed by atoms with E-state index in [-0.39, 0.29) is 0 Å².